The van der Waals surface area contributed by atoms with Gasteiger partial charge in [0, 0.05) is 150 Å². The number of benzene rings is 4. The molecule has 8 heterocycles. The molecule has 2 aliphatic carbocycles. The Bertz CT molecular complexity index is 5910. The van der Waals surface area contributed by atoms with Gasteiger partial charge < -0.3 is 75.8 Å². The van der Waals surface area contributed by atoms with E-state index in [-0.39, 0.29) is 94.0 Å². The number of hydrogen-bond acceptors (Lipinski definition) is 24. The van der Waals surface area contributed by atoms with Gasteiger partial charge in [-0.3, -0.25) is 0 Å². The lowest BCUT2D eigenvalue weighted by Crippen LogP contribution is -2.48. The van der Waals surface area contributed by atoms with E-state index in [2.05, 4.69) is 0 Å². The maximum absolute atomic E-state index is 17.1. The molecule has 148 heavy (non-hydrogen) atoms. The molecule has 0 saturated heterocycles. The minimum absolute atomic E-state index is 0.124. The van der Waals surface area contributed by atoms with E-state index in [1.165, 1.54) is 69.6 Å². The molecule has 0 amide bonds. The summed E-state index contributed by atoms with van der Waals surface area (Å²) in [6, 6.07) is 46.5. The van der Waals surface area contributed by atoms with Gasteiger partial charge in [-0.05, 0) is 228 Å². The van der Waals surface area contributed by atoms with Crippen molar-refractivity contribution >= 4 is 113 Å². The summed E-state index contributed by atoms with van der Waals surface area (Å²) in [6.07, 6.45) is 0. The second kappa shape index (κ2) is 51.7. The summed E-state index contributed by atoms with van der Waals surface area (Å²) in [7, 11) is 3.18. The number of methoxy groups -OCH3 is 2. The zero-order valence-corrected chi connectivity index (χ0v) is 92.4. The summed E-state index contributed by atoms with van der Waals surface area (Å²) < 4.78 is 291. The van der Waals surface area contributed by atoms with Crippen molar-refractivity contribution in [2.75, 3.05) is 186 Å². The largest absolute Gasteiger partial charge is 0.491 e. The van der Waals surface area contributed by atoms with Crippen molar-refractivity contribution in [3.05, 3.63) is 212 Å². The van der Waals surface area contributed by atoms with E-state index in [9.17, 15) is 0 Å². The number of halogens is 12. The SMILES string of the molecule is CCOCCOCCOCCOc1ccc(-c2sc(-c3ccc(C(C)(C)C)s3)cc2C2=C(c3cc(-c4ccc(C(C)(C)C)s4)sc3-c3ccc(OCCOCCOCCOCC)cc3)C(F)(F)C(F)(F)C2(F)F)cc1.COCCOCCOCCOc1ccc(-c2sc(-c3ccc(C(C)(C)C)s3)cc2C2=C(c3cc(-c4ccc(C(C)(C)C)s4)sc3-c3ccc(OCCOCCOCCOC)cc3)C(F)(F)C(F)(F)C2(F)F)cc1. The smallest absolute Gasteiger partial charge is 0.380 e. The van der Waals surface area contributed by atoms with Crippen LogP contribution in [-0.2, 0) is 78.5 Å². The van der Waals surface area contributed by atoms with Crippen LogP contribution in [0.4, 0.5) is 52.7 Å². The highest BCUT2D eigenvalue weighted by atomic mass is 32.1. The Morgan fingerprint density at radius 1 is 0.209 bits per heavy atom. The Morgan fingerprint density at radius 2 is 0.385 bits per heavy atom. The maximum Gasteiger partial charge on any atom is 0.380 e. The Hall–Kier alpha value is -8.16. The van der Waals surface area contributed by atoms with Crippen LogP contribution in [0.1, 0.15) is 139 Å². The molecule has 36 heteroatoms. The number of thiophene rings is 8. The topological polar surface area (TPSA) is 148 Å². The molecule has 2 aliphatic rings. The van der Waals surface area contributed by atoms with Gasteiger partial charge in [-0.25, -0.2) is 0 Å². The molecule has 12 aromatic rings. The summed E-state index contributed by atoms with van der Waals surface area (Å²) in [5.74, 6) is -31.2. The Morgan fingerprint density at radius 3 is 0.554 bits per heavy atom. The molecule has 16 nitrogen and oxygen atoms in total. The number of hydrogen-bond donors (Lipinski definition) is 0. The number of allylic oxidation sites excluding steroid dienone is 4. The van der Waals surface area contributed by atoms with Gasteiger partial charge in [-0.15, -0.1) is 90.7 Å². The molecule has 8 aromatic heterocycles. The Kier molecular flexibility index (Phi) is 40.9. The van der Waals surface area contributed by atoms with E-state index >= 15 is 52.7 Å². The van der Waals surface area contributed by atoms with Crippen molar-refractivity contribution in [1.29, 1.82) is 0 Å². The lowest BCUT2D eigenvalue weighted by molar-refractivity contribution is -0.254. The van der Waals surface area contributed by atoms with Gasteiger partial charge in [0.15, 0.2) is 0 Å². The molecule has 0 N–H and O–H groups in total. The second-order valence-electron chi connectivity index (χ2n) is 38.8. The lowest BCUT2D eigenvalue weighted by atomic mass is 9.92. The van der Waals surface area contributed by atoms with Gasteiger partial charge in [-0.2, -0.15) is 52.7 Å². The monoisotopic (exact) mass is 2210 g/mol. The predicted octanol–water partition coefficient (Wildman–Crippen LogP) is 31.1. The van der Waals surface area contributed by atoms with Crippen molar-refractivity contribution < 1.29 is 128 Å². The number of rotatable bonds is 54. The van der Waals surface area contributed by atoms with Gasteiger partial charge in [-0.1, -0.05) is 83.1 Å². The van der Waals surface area contributed by atoms with Gasteiger partial charge in [0.1, 0.15) is 49.4 Å². The second-order valence-corrected chi connectivity index (χ2v) is 47.3. The van der Waals surface area contributed by atoms with Crippen LogP contribution in [-0.4, -0.2) is 222 Å². The average molecular weight is 2210 g/mol. The standard InChI is InChI=1S/C57H66F6O8S4.C55H62F6O8S4/c1-9-64-23-25-66-27-29-68-31-33-70-39-15-11-37(12-16-39)51-41(35-45(74-51)43-19-21-47(72-43)53(3,4)5)49-50(56(60,61)57(62,63)55(49,58)59)42-36-46(44-20-22-48(73-44)54(6,7)8)75-52(42)38-13-17-40(18-14-38)71-34-32-69-30-28-67-26-24-65-10-2;1-51(2,3)45-19-17-41(70-45)43-33-39(49(72-43)35-9-13-37(14-10-35)68-31-29-66-27-25-64-23-21-62-7)47-48(54(58,59)55(60,61)53(47,56)57)40-34-44(42-18-20-46(71-42)52(4,5)6)73-50(40)36-11-15-38(16-12-36)69-32-30-67-28-26-65-24-22-63-8/h11-22,35-36H,9-10,23-34H2,1-8H3;9-20,33-34H,21-32H2,1-8H3. The highest BCUT2D eigenvalue weighted by Crippen LogP contribution is 2.70. The third-order valence-corrected chi connectivity index (χ3v) is 35.2. The Balaban J connectivity index is 0.000000247. The van der Waals surface area contributed by atoms with E-state index in [0.717, 1.165) is 64.9 Å². The highest BCUT2D eigenvalue weighted by Gasteiger charge is 2.82. The number of alkyl halides is 12. The molecule has 804 valence electrons. The van der Waals surface area contributed by atoms with Crippen LogP contribution in [0.3, 0.4) is 0 Å². The fourth-order valence-corrected chi connectivity index (χ4v) is 25.1. The van der Waals surface area contributed by atoms with Crippen LogP contribution >= 0.6 is 90.7 Å². The van der Waals surface area contributed by atoms with E-state index in [0.29, 0.717) is 203 Å². The van der Waals surface area contributed by atoms with E-state index in [1.807, 2.05) is 145 Å². The third kappa shape index (κ3) is 28.3. The van der Waals surface area contributed by atoms with Crippen LogP contribution < -0.4 is 18.9 Å². The third-order valence-electron chi connectivity index (χ3n) is 23.6. The molecule has 0 unspecified atom stereocenters. The van der Waals surface area contributed by atoms with E-state index in [4.69, 9.17) is 75.8 Å². The van der Waals surface area contributed by atoms with Crippen molar-refractivity contribution in [3.63, 3.8) is 0 Å². The van der Waals surface area contributed by atoms with E-state index < -0.39 is 80.1 Å². The van der Waals surface area contributed by atoms with Crippen LogP contribution in [0.5, 0.6) is 23.0 Å². The lowest BCUT2D eigenvalue weighted by Gasteiger charge is -2.26. The molecular formula is C112H128F12O16S8. The maximum atomic E-state index is 17.1. The number of ether oxygens (including phenoxy) is 16. The van der Waals surface area contributed by atoms with Gasteiger partial charge in [0.05, 0.1) is 132 Å². The van der Waals surface area contributed by atoms with Crippen LogP contribution in [0, 0.1) is 0 Å². The summed E-state index contributed by atoms with van der Waals surface area (Å²) in [5.41, 5.74) is -6.94. The summed E-state index contributed by atoms with van der Waals surface area (Å²) in [6.45, 7) is 38.0. The van der Waals surface area contributed by atoms with Gasteiger partial charge in [0.25, 0.3) is 0 Å². The molecule has 0 bridgehead atoms. The molecule has 0 atom stereocenters. The molecular weight excluding hydrogens is 2090 g/mol. The van der Waals surface area contributed by atoms with Gasteiger partial charge in [0.2, 0.25) is 0 Å². The minimum Gasteiger partial charge on any atom is -0.491 e. The quantitative estimate of drug-likeness (QED) is 0.0263. The zero-order valence-electron chi connectivity index (χ0n) is 85.9. The van der Waals surface area contributed by atoms with Crippen LogP contribution in [0.2, 0.25) is 0 Å². The fraction of sp³-hybridized carbons (Fsp3) is 0.464. The molecule has 14 rings (SSSR count). The Labute approximate surface area is 890 Å². The van der Waals surface area contributed by atoms with Gasteiger partial charge >= 0.3 is 35.5 Å². The fourth-order valence-electron chi connectivity index (χ4n) is 15.8. The van der Waals surface area contributed by atoms with Crippen molar-refractivity contribution in [3.8, 4) is 104 Å². The first kappa shape index (κ1) is 117. The molecule has 4 aromatic carbocycles. The highest BCUT2D eigenvalue weighted by molar-refractivity contribution is 7.26. The molecule has 0 aliphatic heterocycles. The predicted molar refractivity (Wildman–Crippen MR) is 576 cm³/mol. The summed E-state index contributed by atoms with van der Waals surface area (Å²) >= 11 is 10.1. The summed E-state index contributed by atoms with van der Waals surface area (Å²) in [4.78, 5) is 9.07. The molecule has 0 fully saturated rings. The van der Waals surface area contributed by atoms with E-state index in [1.54, 1.807) is 111 Å². The molecule has 0 saturated carbocycles. The average Bonchev–Trinajstić information content (AvgIpc) is 1.52. The van der Waals surface area contributed by atoms with Crippen LogP contribution in [0.25, 0.3) is 103 Å². The zero-order chi connectivity index (χ0) is 107. The molecule has 0 spiro atoms. The minimum atomic E-state index is -5.81. The first-order valence-corrected chi connectivity index (χ1v) is 55.4. The first-order valence-electron chi connectivity index (χ1n) is 48.8. The normalized spacial score (nSPS) is 15.4. The van der Waals surface area contributed by atoms with Crippen molar-refractivity contribution in [1.82, 2.24) is 0 Å². The molecule has 0 radical (unpaired) electrons. The summed E-state index contributed by atoms with van der Waals surface area (Å²) in [5, 5.41) is 0. The van der Waals surface area contributed by atoms with Crippen LogP contribution in [0.15, 0.2) is 170 Å². The van der Waals surface area contributed by atoms with Crippen molar-refractivity contribution in [2.24, 2.45) is 0 Å². The first-order chi connectivity index (χ1) is 70.4. The van der Waals surface area contributed by atoms with Crippen molar-refractivity contribution in [2.45, 2.75) is 154 Å².